The number of nitrogen functional groups attached to an aromatic ring is 1. The van der Waals surface area contributed by atoms with Gasteiger partial charge in [-0.1, -0.05) is 18.2 Å². The Kier molecular flexibility index (Phi) is 4.79. The first-order valence-electron chi connectivity index (χ1n) is 8.15. The Hall–Kier alpha value is -2.82. The van der Waals surface area contributed by atoms with Gasteiger partial charge in [0.2, 0.25) is 5.91 Å². The maximum absolute atomic E-state index is 12.3. The Labute approximate surface area is 141 Å². The third-order valence-corrected chi connectivity index (χ3v) is 4.13. The molecule has 1 aliphatic heterocycles. The Balaban J connectivity index is 1.68. The molecule has 0 radical (unpaired) electrons. The fraction of sp³-hybridized carbons (Fsp3) is 0.263. The lowest BCUT2D eigenvalue weighted by atomic mass is 10.1. The number of amides is 2. The summed E-state index contributed by atoms with van der Waals surface area (Å²) in [6, 6.07) is 14.5. The first kappa shape index (κ1) is 16.1. The zero-order valence-electron chi connectivity index (χ0n) is 13.5. The lowest BCUT2D eigenvalue weighted by Gasteiger charge is -2.26. The summed E-state index contributed by atoms with van der Waals surface area (Å²) in [5.41, 5.74) is 8.51. The average Bonchev–Trinajstić information content (AvgIpc) is 2.57. The SMILES string of the molecule is Nc1cccc(C(=O)Nc2cccc(CN3CCCCC3=O)c2)c1. The molecule has 0 unspecified atom stereocenters. The molecule has 5 heteroatoms. The number of likely N-dealkylation sites (tertiary alicyclic amines) is 1. The van der Waals surface area contributed by atoms with Crippen molar-refractivity contribution in [2.24, 2.45) is 0 Å². The smallest absolute Gasteiger partial charge is 0.255 e. The van der Waals surface area contributed by atoms with Crippen molar-refractivity contribution >= 4 is 23.2 Å². The van der Waals surface area contributed by atoms with E-state index in [9.17, 15) is 9.59 Å². The van der Waals surface area contributed by atoms with Crippen LogP contribution in [0.15, 0.2) is 48.5 Å². The number of anilines is 2. The van der Waals surface area contributed by atoms with Crippen LogP contribution in [0.5, 0.6) is 0 Å². The van der Waals surface area contributed by atoms with E-state index in [2.05, 4.69) is 5.32 Å². The van der Waals surface area contributed by atoms with Gasteiger partial charge in [-0.2, -0.15) is 0 Å². The zero-order valence-corrected chi connectivity index (χ0v) is 13.5. The van der Waals surface area contributed by atoms with E-state index in [1.54, 1.807) is 24.3 Å². The maximum atomic E-state index is 12.3. The summed E-state index contributed by atoms with van der Waals surface area (Å²) < 4.78 is 0. The number of hydrogen-bond acceptors (Lipinski definition) is 3. The van der Waals surface area contributed by atoms with Crippen LogP contribution in [0, 0.1) is 0 Å². The molecule has 1 heterocycles. The van der Waals surface area contributed by atoms with Crippen LogP contribution >= 0.6 is 0 Å². The molecule has 5 nitrogen and oxygen atoms in total. The van der Waals surface area contributed by atoms with E-state index in [0.717, 1.165) is 24.9 Å². The molecule has 0 atom stereocenters. The monoisotopic (exact) mass is 323 g/mol. The van der Waals surface area contributed by atoms with Gasteiger partial charge in [0.15, 0.2) is 0 Å². The van der Waals surface area contributed by atoms with Crippen LogP contribution in [0.1, 0.15) is 35.2 Å². The van der Waals surface area contributed by atoms with Crippen molar-refractivity contribution in [3.05, 3.63) is 59.7 Å². The van der Waals surface area contributed by atoms with Gasteiger partial charge >= 0.3 is 0 Å². The largest absolute Gasteiger partial charge is 0.399 e. The lowest BCUT2D eigenvalue weighted by Crippen LogP contribution is -2.34. The first-order valence-corrected chi connectivity index (χ1v) is 8.15. The number of carbonyl (C=O) groups excluding carboxylic acids is 2. The third kappa shape index (κ3) is 3.93. The molecular formula is C19H21N3O2. The highest BCUT2D eigenvalue weighted by Crippen LogP contribution is 2.18. The molecule has 24 heavy (non-hydrogen) atoms. The van der Waals surface area contributed by atoms with Crippen molar-refractivity contribution in [2.75, 3.05) is 17.6 Å². The Bertz CT molecular complexity index is 758. The minimum atomic E-state index is -0.200. The molecule has 2 amide bonds. The lowest BCUT2D eigenvalue weighted by molar-refractivity contribution is -0.133. The Morgan fingerprint density at radius 3 is 2.75 bits per heavy atom. The second kappa shape index (κ2) is 7.17. The highest BCUT2D eigenvalue weighted by atomic mass is 16.2. The number of benzene rings is 2. The molecule has 2 aromatic carbocycles. The first-order chi connectivity index (χ1) is 11.6. The molecule has 3 rings (SSSR count). The van der Waals surface area contributed by atoms with Crippen molar-refractivity contribution in [1.82, 2.24) is 4.90 Å². The van der Waals surface area contributed by atoms with Crippen molar-refractivity contribution in [2.45, 2.75) is 25.8 Å². The van der Waals surface area contributed by atoms with Crippen LogP contribution in [-0.4, -0.2) is 23.3 Å². The van der Waals surface area contributed by atoms with Gasteiger partial charge in [0.05, 0.1) is 0 Å². The van der Waals surface area contributed by atoms with Gasteiger partial charge in [-0.05, 0) is 48.7 Å². The number of hydrogen-bond donors (Lipinski definition) is 2. The van der Waals surface area contributed by atoms with Gasteiger partial charge in [0.1, 0.15) is 0 Å². The van der Waals surface area contributed by atoms with Crippen molar-refractivity contribution in [3.63, 3.8) is 0 Å². The molecule has 124 valence electrons. The normalized spacial score (nSPS) is 14.5. The van der Waals surface area contributed by atoms with Crippen LogP contribution in [-0.2, 0) is 11.3 Å². The van der Waals surface area contributed by atoms with E-state index in [4.69, 9.17) is 5.73 Å². The van der Waals surface area contributed by atoms with Crippen LogP contribution in [0.2, 0.25) is 0 Å². The molecule has 0 aromatic heterocycles. The van der Waals surface area contributed by atoms with Gasteiger partial charge in [0, 0.05) is 36.4 Å². The Morgan fingerprint density at radius 2 is 1.96 bits per heavy atom. The molecule has 1 fully saturated rings. The summed E-state index contributed by atoms with van der Waals surface area (Å²) in [6.07, 6.45) is 2.66. The molecule has 0 aliphatic carbocycles. The van der Waals surface area contributed by atoms with Crippen molar-refractivity contribution < 1.29 is 9.59 Å². The molecule has 0 bridgehead atoms. The van der Waals surface area contributed by atoms with Gasteiger partial charge in [-0.3, -0.25) is 9.59 Å². The van der Waals surface area contributed by atoms with E-state index >= 15 is 0 Å². The summed E-state index contributed by atoms with van der Waals surface area (Å²) in [4.78, 5) is 26.1. The molecule has 3 N–H and O–H groups in total. The summed E-state index contributed by atoms with van der Waals surface area (Å²) in [5, 5.41) is 2.88. The summed E-state index contributed by atoms with van der Waals surface area (Å²) in [5.74, 6) is 0.00366. The highest BCUT2D eigenvalue weighted by molar-refractivity contribution is 6.04. The number of rotatable bonds is 4. The summed E-state index contributed by atoms with van der Waals surface area (Å²) >= 11 is 0. The second-order valence-electron chi connectivity index (χ2n) is 6.05. The van der Waals surface area contributed by atoms with Gasteiger partial charge in [-0.15, -0.1) is 0 Å². The van der Waals surface area contributed by atoms with Crippen molar-refractivity contribution in [3.8, 4) is 0 Å². The molecular weight excluding hydrogens is 302 g/mol. The summed E-state index contributed by atoms with van der Waals surface area (Å²) in [6.45, 7) is 1.39. The number of carbonyl (C=O) groups is 2. The van der Waals surface area contributed by atoms with Gasteiger partial charge in [-0.25, -0.2) is 0 Å². The minimum absolute atomic E-state index is 0.200. The predicted molar refractivity (Wildman–Crippen MR) is 94.5 cm³/mol. The van der Waals surface area contributed by atoms with E-state index in [1.165, 1.54) is 0 Å². The van der Waals surface area contributed by atoms with Crippen molar-refractivity contribution in [1.29, 1.82) is 0 Å². The fourth-order valence-electron chi connectivity index (χ4n) is 2.88. The maximum Gasteiger partial charge on any atom is 0.255 e. The predicted octanol–water partition coefficient (Wildman–Crippen LogP) is 3.03. The highest BCUT2D eigenvalue weighted by Gasteiger charge is 2.18. The zero-order chi connectivity index (χ0) is 16.9. The summed E-state index contributed by atoms with van der Waals surface area (Å²) in [7, 11) is 0. The van der Waals surface area contributed by atoms with E-state index in [-0.39, 0.29) is 11.8 Å². The van der Waals surface area contributed by atoms with Crippen LogP contribution < -0.4 is 11.1 Å². The Morgan fingerprint density at radius 1 is 1.12 bits per heavy atom. The minimum Gasteiger partial charge on any atom is -0.399 e. The standard InChI is InChI=1S/C19H21N3O2/c20-16-7-4-6-15(12-16)19(24)21-17-8-3-5-14(11-17)13-22-10-2-1-9-18(22)23/h3-8,11-12H,1-2,9-10,13,20H2,(H,21,24). The average molecular weight is 323 g/mol. The van der Waals surface area contributed by atoms with Gasteiger partial charge in [0.25, 0.3) is 5.91 Å². The van der Waals surface area contributed by atoms with E-state index < -0.39 is 0 Å². The number of nitrogens with zero attached hydrogens (tertiary/aromatic N) is 1. The molecule has 0 saturated carbocycles. The topological polar surface area (TPSA) is 75.4 Å². The quantitative estimate of drug-likeness (QED) is 0.849. The number of nitrogens with two attached hydrogens (primary N) is 1. The molecule has 0 spiro atoms. The number of nitrogens with one attached hydrogen (secondary N) is 1. The van der Waals surface area contributed by atoms with Crippen LogP contribution in [0.25, 0.3) is 0 Å². The number of piperidine rings is 1. The van der Waals surface area contributed by atoms with Crippen LogP contribution in [0.3, 0.4) is 0 Å². The second-order valence-corrected chi connectivity index (χ2v) is 6.05. The van der Waals surface area contributed by atoms with Gasteiger partial charge < -0.3 is 16.0 Å². The molecule has 1 saturated heterocycles. The van der Waals surface area contributed by atoms with E-state index in [0.29, 0.717) is 29.9 Å². The molecule has 1 aliphatic rings. The van der Waals surface area contributed by atoms with E-state index in [1.807, 2.05) is 29.2 Å². The third-order valence-electron chi connectivity index (χ3n) is 4.13. The fourth-order valence-corrected chi connectivity index (χ4v) is 2.88. The van der Waals surface area contributed by atoms with Crippen LogP contribution in [0.4, 0.5) is 11.4 Å². The molecule has 2 aromatic rings.